The third-order valence-electron chi connectivity index (χ3n) is 5.37. The Morgan fingerprint density at radius 3 is 2.88 bits per heavy atom. The molecule has 25 heavy (non-hydrogen) atoms. The lowest BCUT2D eigenvalue weighted by Crippen LogP contribution is -2.49. The van der Waals surface area contributed by atoms with Crippen molar-refractivity contribution in [1.82, 2.24) is 30.0 Å². The highest BCUT2D eigenvalue weighted by molar-refractivity contribution is 5.86. The maximum absolute atomic E-state index is 12.5. The van der Waals surface area contributed by atoms with Crippen LogP contribution in [0.15, 0.2) is 12.5 Å². The van der Waals surface area contributed by atoms with Crippen LogP contribution in [0.1, 0.15) is 19.3 Å². The van der Waals surface area contributed by atoms with E-state index in [1.54, 1.807) is 11.0 Å². The van der Waals surface area contributed by atoms with Crippen molar-refractivity contribution >= 4 is 22.8 Å². The Morgan fingerprint density at radius 1 is 1.28 bits per heavy atom. The van der Waals surface area contributed by atoms with Gasteiger partial charge in [-0.25, -0.2) is 9.97 Å². The molecule has 0 spiro atoms. The number of hydrogen-bond acceptors (Lipinski definition) is 6. The predicted octanol–water partition coefficient (Wildman–Crippen LogP) is 0.402. The van der Waals surface area contributed by atoms with E-state index in [4.69, 9.17) is 0 Å². The monoisotopic (exact) mass is 343 g/mol. The standard InChI is InChI=1S/C17H25N7O/c1-22-16-14(11-21-22)17(20-12-19-16)24-8-6-23(7-9-24)15(25)3-2-13-4-5-18-10-13/h11-13,18H,2-10H2,1H3. The summed E-state index contributed by atoms with van der Waals surface area (Å²) >= 11 is 0. The van der Waals surface area contributed by atoms with Crippen LogP contribution in [0.4, 0.5) is 5.82 Å². The summed E-state index contributed by atoms with van der Waals surface area (Å²) in [6.45, 7) is 5.28. The van der Waals surface area contributed by atoms with Gasteiger partial charge in [-0.15, -0.1) is 0 Å². The van der Waals surface area contributed by atoms with Crippen molar-refractivity contribution in [1.29, 1.82) is 0 Å². The highest BCUT2D eigenvalue weighted by Gasteiger charge is 2.24. The fraction of sp³-hybridized carbons (Fsp3) is 0.647. The van der Waals surface area contributed by atoms with Crippen molar-refractivity contribution in [2.24, 2.45) is 13.0 Å². The highest BCUT2D eigenvalue weighted by atomic mass is 16.2. The molecule has 4 rings (SSSR count). The number of aryl methyl sites for hydroxylation is 1. The first kappa shape index (κ1) is 16.3. The molecule has 1 amide bonds. The summed E-state index contributed by atoms with van der Waals surface area (Å²) in [7, 11) is 1.88. The first-order valence-electron chi connectivity index (χ1n) is 9.08. The fourth-order valence-corrected chi connectivity index (χ4v) is 3.82. The molecule has 0 saturated carbocycles. The van der Waals surface area contributed by atoms with Crippen LogP contribution in [0.5, 0.6) is 0 Å². The maximum Gasteiger partial charge on any atom is 0.222 e. The molecule has 2 fully saturated rings. The number of carbonyl (C=O) groups excluding carboxylic acids is 1. The Bertz CT molecular complexity index is 745. The molecular formula is C17H25N7O. The number of amides is 1. The molecule has 2 aliphatic heterocycles. The second-order valence-electron chi connectivity index (χ2n) is 6.97. The molecule has 134 valence electrons. The molecule has 4 heterocycles. The molecule has 2 aromatic rings. The van der Waals surface area contributed by atoms with Crippen molar-refractivity contribution < 1.29 is 4.79 Å². The molecule has 0 aliphatic carbocycles. The number of hydrogen-bond donors (Lipinski definition) is 1. The lowest BCUT2D eigenvalue weighted by Gasteiger charge is -2.35. The van der Waals surface area contributed by atoms with Crippen LogP contribution in [0.2, 0.25) is 0 Å². The van der Waals surface area contributed by atoms with Crippen molar-refractivity contribution in [2.45, 2.75) is 19.3 Å². The zero-order valence-corrected chi connectivity index (χ0v) is 14.7. The second-order valence-corrected chi connectivity index (χ2v) is 6.97. The summed E-state index contributed by atoms with van der Waals surface area (Å²) in [5.74, 6) is 1.88. The molecule has 0 aromatic carbocycles. The molecule has 0 bridgehead atoms. The van der Waals surface area contributed by atoms with Gasteiger partial charge in [-0.05, 0) is 31.8 Å². The molecular weight excluding hydrogens is 318 g/mol. The van der Waals surface area contributed by atoms with Gasteiger partial charge in [0.15, 0.2) is 5.65 Å². The minimum absolute atomic E-state index is 0.292. The minimum atomic E-state index is 0.292. The molecule has 1 atom stereocenters. The summed E-state index contributed by atoms with van der Waals surface area (Å²) in [5.41, 5.74) is 0.841. The predicted molar refractivity (Wildman–Crippen MR) is 95.3 cm³/mol. The van der Waals surface area contributed by atoms with Crippen molar-refractivity contribution in [3.05, 3.63) is 12.5 Å². The molecule has 8 heteroatoms. The lowest BCUT2D eigenvalue weighted by atomic mass is 10.0. The number of nitrogens with one attached hydrogen (secondary N) is 1. The van der Waals surface area contributed by atoms with E-state index in [1.165, 1.54) is 6.42 Å². The molecule has 2 saturated heterocycles. The van der Waals surface area contributed by atoms with E-state index in [9.17, 15) is 4.79 Å². The van der Waals surface area contributed by atoms with Gasteiger partial charge in [-0.3, -0.25) is 9.48 Å². The van der Waals surface area contributed by atoms with Gasteiger partial charge in [0.25, 0.3) is 0 Å². The molecule has 2 aromatic heterocycles. The summed E-state index contributed by atoms with van der Waals surface area (Å²) in [5, 5.41) is 8.61. The SMILES string of the molecule is Cn1ncc2c(N3CCN(C(=O)CCC4CCNC4)CC3)ncnc21. The van der Waals surface area contributed by atoms with Crippen LogP contribution in [-0.2, 0) is 11.8 Å². The van der Waals surface area contributed by atoms with E-state index in [2.05, 4.69) is 25.3 Å². The maximum atomic E-state index is 12.5. The Balaban J connectivity index is 1.35. The summed E-state index contributed by atoms with van der Waals surface area (Å²) in [6.07, 6.45) is 6.29. The zero-order chi connectivity index (χ0) is 17.2. The van der Waals surface area contributed by atoms with E-state index < -0.39 is 0 Å². The van der Waals surface area contributed by atoms with Gasteiger partial charge in [0, 0.05) is 39.6 Å². The largest absolute Gasteiger partial charge is 0.352 e. The first-order chi connectivity index (χ1) is 12.2. The molecule has 2 aliphatic rings. The first-order valence-corrected chi connectivity index (χ1v) is 9.08. The lowest BCUT2D eigenvalue weighted by molar-refractivity contribution is -0.131. The minimum Gasteiger partial charge on any atom is -0.352 e. The number of rotatable bonds is 4. The normalized spacial score (nSPS) is 21.2. The van der Waals surface area contributed by atoms with Gasteiger partial charge in [0.05, 0.1) is 11.6 Å². The third kappa shape index (κ3) is 3.30. The smallest absolute Gasteiger partial charge is 0.222 e. The quantitative estimate of drug-likeness (QED) is 0.866. The van der Waals surface area contributed by atoms with Gasteiger partial charge in [0.2, 0.25) is 5.91 Å². The van der Waals surface area contributed by atoms with Gasteiger partial charge in [0.1, 0.15) is 12.1 Å². The number of carbonyl (C=O) groups is 1. The number of anilines is 1. The van der Waals surface area contributed by atoms with E-state index in [1.807, 2.05) is 18.1 Å². The summed E-state index contributed by atoms with van der Waals surface area (Å²) in [6, 6.07) is 0. The third-order valence-corrected chi connectivity index (χ3v) is 5.37. The molecule has 1 N–H and O–H groups in total. The van der Waals surface area contributed by atoms with Crippen molar-refractivity contribution in [3.63, 3.8) is 0 Å². The van der Waals surface area contributed by atoms with E-state index in [0.29, 0.717) is 18.2 Å². The fourth-order valence-electron chi connectivity index (χ4n) is 3.82. The number of nitrogens with zero attached hydrogens (tertiary/aromatic N) is 6. The Kier molecular flexibility index (Phi) is 4.52. The van der Waals surface area contributed by atoms with Crippen LogP contribution < -0.4 is 10.2 Å². The van der Waals surface area contributed by atoms with E-state index in [0.717, 1.165) is 62.5 Å². The molecule has 0 radical (unpaired) electrons. The molecule has 8 nitrogen and oxygen atoms in total. The van der Waals surface area contributed by atoms with Crippen LogP contribution in [-0.4, -0.2) is 69.8 Å². The van der Waals surface area contributed by atoms with Crippen LogP contribution in [0, 0.1) is 5.92 Å². The van der Waals surface area contributed by atoms with Gasteiger partial charge >= 0.3 is 0 Å². The average Bonchev–Trinajstić information content (AvgIpc) is 3.30. The molecule has 1 unspecified atom stereocenters. The van der Waals surface area contributed by atoms with E-state index in [-0.39, 0.29) is 0 Å². The van der Waals surface area contributed by atoms with Crippen LogP contribution in [0.25, 0.3) is 11.0 Å². The zero-order valence-electron chi connectivity index (χ0n) is 14.7. The summed E-state index contributed by atoms with van der Waals surface area (Å²) < 4.78 is 1.76. The van der Waals surface area contributed by atoms with E-state index >= 15 is 0 Å². The van der Waals surface area contributed by atoms with Gasteiger partial charge < -0.3 is 15.1 Å². The number of piperazine rings is 1. The topological polar surface area (TPSA) is 79.2 Å². The van der Waals surface area contributed by atoms with Gasteiger partial charge in [-0.1, -0.05) is 0 Å². The Morgan fingerprint density at radius 2 is 2.12 bits per heavy atom. The van der Waals surface area contributed by atoms with Crippen molar-refractivity contribution in [2.75, 3.05) is 44.2 Å². The van der Waals surface area contributed by atoms with Gasteiger partial charge in [-0.2, -0.15) is 5.10 Å². The Labute approximate surface area is 147 Å². The summed E-state index contributed by atoms with van der Waals surface area (Å²) in [4.78, 5) is 25.4. The Hall–Kier alpha value is -2.22. The van der Waals surface area contributed by atoms with Crippen LogP contribution in [0.3, 0.4) is 0 Å². The van der Waals surface area contributed by atoms with Crippen molar-refractivity contribution in [3.8, 4) is 0 Å². The second kappa shape index (κ2) is 6.95. The number of fused-ring (bicyclic) bond motifs is 1. The number of aromatic nitrogens is 4. The van der Waals surface area contributed by atoms with Crippen LogP contribution >= 0.6 is 0 Å². The highest BCUT2D eigenvalue weighted by Crippen LogP contribution is 2.23. The average molecular weight is 343 g/mol.